The Kier molecular flexibility index (Phi) is 6.13. The number of methoxy groups -OCH3 is 1. The number of nitrogens with zero attached hydrogens (tertiary/aromatic N) is 2. The molecule has 30 heavy (non-hydrogen) atoms. The second-order valence-corrected chi connectivity index (χ2v) is 8.27. The second kappa shape index (κ2) is 9.13. The van der Waals surface area contributed by atoms with E-state index in [1.54, 1.807) is 35.6 Å². The van der Waals surface area contributed by atoms with Crippen LogP contribution in [0.5, 0.6) is 5.75 Å². The standard InChI is InChI=1S/C22H24N4O3S/c1-29-18-8-4-2-6-16(18)24-21(28)20(27)23-14-15-10-12-26(13-11-15)22-25-17-7-3-5-9-19(17)30-22/h2-9,15H,10-14H2,1H3,(H,23,27)(H,24,28). The zero-order valence-corrected chi connectivity index (χ0v) is 17.6. The zero-order chi connectivity index (χ0) is 20.9. The summed E-state index contributed by atoms with van der Waals surface area (Å²) in [6, 6.07) is 15.2. The number of hydrogen-bond acceptors (Lipinski definition) is 6. The first-order chi connectivity index (χ1) is 14.6. The van der Waals surface area contributed by atoms with E-state index in [1.165, 1.54) is 11.8 Å². The van der Waals surface area contributed by atoms with Crippen molar-refractivity contribution < 1.29 is 14.3 Å². The Bertz CT molecular complexity index is 1010. The summed E-state index contributed by atoms with van der Waals surface area (Å²) in [6.45, 7) is 2.29. The zero-order valence-electron chi connectivity index (χ0n) is 16.8. The molecular formula is C22H24N4O3S. The minimum atomic E-state index is -0.689. The number of carbonyl (C=O) groups is 2. The predicted molar refractivity (Wildman–Crippen MR) is 119 cm³/mol. The van der Waals surface area contributed by atoms with Crippen molar-refractivity contribution in [3.63, 3.8) is 0 Å². The third-order valence-corrected chi connectivity index (χ3v) is 6.38. The summed E-state index contributed by atoms with van der Waals surface area (Å²) >= 11 is 1.71. The fraction of sp³-hybridized carbons (Fsp3) is 0.318. The van der Waals surface area contributed by atoms with E-state index < -0.39 is 11.8 Å². The smallest absolute Gasteiger partial charge is 0.313 e. The third-order valence-electron chi connectivity index (χ3n) is 5.28. The van der Waals surface area contributed by atoms with Gasteiger partial charge in [0.15, 0.2) is 5.13 Å². The predicted octanol–water partition coefficient (Wildman–Crippen LogP) is 3.28. The molecule has 0 bridgehead atoms. The number of amides is 2. The van der Waals surface area contributed by atoms with E-state index in [0.29, 0.717) is 23.9 Å². The summed E-state index contributed by atoms with van der Waals surface area (Å²) in [5.74, 6) is -0.458. The summed E-state index contributed by atoms with van der Waals surface area (Å²) in [5.41, 5.74) is 1.51. The second-order valence-electron chi connectivity index (χ2n) is 7.26. The highest BCUT2D eigenvalue weighted by Crippen LogP contribution is 2.31. The van der Waals surface area contributed by atoms with E-state index >= 15 is 0 Å². The van der Waals surface area contributed by atoms with Gasteiger partial charge in [-0.3, -0.25) is 9.59 Å². The van der Waals surface area contributed by atoms with Crippen molar-refractivity contribution in [2.45, 2.75) is 12.8 Å². The van der Waals surface area contributed by atoms with E-state index in [1.807, 2.05) is 18.2 Å². The number of fused-ring (bicyclic) bond motifs is 1. The maximum atomic E-state index is 12.2. The van der Waals surface area contributed by atoms with Crippen LogP contribution in [0.4, 0.5) is 10.8 Å². The summed E-state index contributed by atoms with van der Waals surface area (Å²) in [5, 5.41) is 6.41. The van der Waals surface area contributed by atoms with Crippen molar-refractivity contribution >= 4 is 44.2 Å². The monoisotopic (exact) mass is 424 g/mol. The van der Waals surface area contributed by atoms with Gasteiger partial charge in [-0.05, 0) is 43.0 Å². The largest absolute Gasteiger partial charge is 0.495 e. The van der Waals surface area contributed by atoms with Gasteiger partial charge in [0.2, 0.25) is 0 Å². The molecule has 1 aliphatic heterocycles. The molecule has 8 heteroatoms. The van der Waals surface area contributed by atoms with Crippen molar-refractivity contribution in [3.05, 3.63) is 48.5 Å². The molecule has 0 spiro atoms. The van der Waals surface area contributed by atoms with Crippen molar-refractivity contribution in [3.8, 4) is 5.75 Å². The number of thiazole rings is 1. The first-order valence-corrected chi connectivity index (χ1v) is 10.8. The lowest BCUT2D eigenvalue weighted by atomic mass is 9.97. The van der Waals surface area contributed by atoms with E-state index in [2.05, 4.69) is 21.6 Å². The summed E-state index contributed by atoms with van der Waals surface area (Å²) in [6.07, 6.45) is 1.90. The van der Waals surface area contributed by atoms with Gasteiger partial charge in [-0.2, -0.15) is 0 Å². The molecule has 2 amide bonds. The summed E-state index contributed by atoms with van der Waals surface area (Å²) < 4.78 is 6.39. The van der Waals surface area contributed by atoms with E-state index in [9.17, 15) is 9.59 Å². The molecule has 1 fully saturated rings. The van der Waals surface area contributed by atoms with Crippen LogP contribution in [0.2, 0.25) is 0 Å². The number of carbonyl (C=O) groups excluding carboxylic acids is 2. The summed E-state index contributed by atoms with van der Waals surface area (Å²) in [7, 11) is 1.52. The molecular weight excluding hydrogens is 400 g/mol. The Balaban J connectivity index is 1.25. The highest BCUT2D eigenvalue weighted by Gasteiger charge is 2.23. The Morgan fingerprint density at radius 1 is 1.10 bits per heavy atom. The number of piperidine rings is 1. The fourth-order valence-corrected chi connectivity index (χ4v) is 4.59. The molecule has 1 saturated heterocycles. The molecule has 2 N–H and O–H groups in total. The van der Waals surface area contributed by atoms with Gasteiger partial charge in [0.05, 0.1) is 23.0 Å². The lowest BCUT2D eigenvalue weighted by Crippen LogP contribution is -2.41. The molecule has 1 aliphatic rings. The van der Waals surface area contributed by atoms with Gasteiger partial charge in [0.1, 0.15) is 5.75 Å². The van der Waals surface area contributed by atoms with E-state index in [-0.39, 0.29) is 0 Å². The van der Waals surface area contributed by atoms with Crippen LogP contribution in [0.1, 0.15) is 12.8 Å². The van der Waals surface area contributed by atoms with Crippen LogP contribution in [0.3, 0.4) is 0 Å². The Hall–Kier alpha value is -3.13. The van der Waals surface area contributed by atoms with Crippen molar-refractivity contribution in [2.24, 2.45) is 5.92 Å². The first-order valence-electron chi connectivity index (χ1n) is 9.97. The van der Waals surface area contributed by atoms with Gasteiger partial charge in [0, 0.05) is 19.6 Å². The molecule has 2 aromatic carbocycles. The molecule has 0 radical (unpaired) electrons. The molecule has 7 nitrogen and oxygen atoms in total. The van der Waals surface area contributed by atoms with Crippen molar-refractivity contribution in [2.75, 3.05) is 37.0 Å². The third kappa shape index (κ3) is 4.54. The van der Waals surface area contributed by atoms with Gasteiger partial charge in [0.25, 0.3) is 0 Å². The van der Waals surface area contributed by atoms with Gasteiger partial charge in [-0.15, -0.1) is 0 Å². The lowest BCUT2D eigenvalue weighted by Gasteiger charge is -2.31. The molecule has 4 rings (SSSR count). The Morgan fingerprint density at radius 2 is 1.83 bits per heavy atom. The maximum absolute atomic E-state index is 12.2. The Labute approximate surface area is 179 Å². The molecule has 3 aromatic rings. The number of hydrogen-bond donors (Lipinski definition) is 2. The lowest BCUT2D eigenvalue weighted by molar-refractivity contribution is -0.136. The maximum Gasteiger partial charge on any atom is 0.313 e. The molecule has 0 aliphatic carbocycles. The first kappa shape index (κ1) is 20.2. The average Bonchev–Trinajstić information content (AvgIpc) is 3.22. The minimum absolute atomic E-state index is 0.346. The van der Waals surface area contributed by atoms with Crippen LogP contribution in [-0.2, 0) is 9.59 Å². The van der Waals surface area contributed by atoms with Gasteiger partial charge in [-0.1, -0.05) is 35.6 Å². The number of aromatic nitrogens is 1. The molecule has 2 heterocycles. The topological polar surface area (TPSA) is 83.6 Å². The molecule has 1 aromatic heterocycles. The van der Waals surface area contributed by atoms with E-state index in [0.717, 1.165) is 36.6 Å². The summed E-state index contributed by atoms with van der Waals surface area (Å²) in [4.78, 5) is 31.4. The van der Waals surface area contributed by atoms with Crippen molar-refractivity contribution in [1.82, 2.24) is 10.3 Å². The highest BCUT2D eigenvalue weighted by molar-refractivity contribution is 7.22. The SMILES string of the molecule is COc1ccccc1NC(=O)C(=O)NCC1CCN(c2nc3ccccc3s2)CC1. The Morgan fingerprint density at radius 3 is 2.60 bits per heavy atom. The number of ether oxygens (including phenoxy) is 1. The molecule has 156 valence electrons. The normalized spacial score (nSPS) is 14.5. The highest BCUT2D eigenvalue weighted by atomic mass is 32.1. The number of para-hydroxylation sites is 3. The van der Waals surface area contributed by atoms with Crippen LogP contribution in [0.25, 0.3) is 10.2 Å². The van der Waals surface area contributed by atoms with Crippen LogP contribution in [-0.4, -0.2) is 43.5 Å². The van der Waals surface area contributed by atoms with E-state index in [4.69, 9.17) is 9.72 Å². The average molecular weight is 425 g/mol. The quantitative estimate of drug-likeness (QED) is 0.614. The van der Waals surface area contributed by atoms with Crippen molar-refractivity contribution in [1.29, 1.82) is 0 Å². The van der Waals surface area contributed by atoms with Crippen LogP contribution in [0.15, 0.2) is 48.5 Å². The van der Waals surface area contributed by atoms with Gasteiger partial charge >= 0.3 is 11.8 Å². The number of nitrogens with one attached hydrogen (secondary N) is 2. The fourth-order valence-electron chi connectivity index (χ4n) is 3.57. The van der Waals surface area contributed by atoms with Crippen LogP contribution < -0.4 is 20.3 Å². The van der Waals surface area contributed by atoms with Gasteiger partial charge < -0.3 is 20.3 Å². The van der Waals surface area contributed by atoms with Crippen LogP contribution in [0, 0.1) is 5.92 Å². The molecule has 0 saturated carbocycles. The van der Waals surface area contributed by atoms with Crippen LogP contribution >= 0.6 is 11.3 Å². The number of benzene rings is 2. The molecule has 0 atom stereocenters. The molecule has 0 unspecified atom stereocenters. The minimum Gasteiger partial charge on any atom is -0.495 e. The van der Waals surface area contributed by atoms with Gasteiger partial charge in [-0.25, -0.2) is 4.98 Å². The number of anilines is 2. The number of rotatable bonds is 5.